The summed E-state index contributed by atoms with van der Waals surface area (Å²) < 4.78 is 0.00386. The number of carbonyl (C=O) groups excluding carboxylic acids is 1. The lowest BCUT2D eigenvalue weighted by atomic mass is 10.1. The van der Waals surface area contributed by atoms with Gasteiger partial charge in [-0.25, -0.2) is 4.79 Å². The summed E-state index contributed by atoms with van der Waals surface area (Å²) in [6.07, 6.45) is 0. The minimum Gasteiger partial charge on any atom is -0.235 e. The minimum atomic E-state index is -1.45. The van der Waals surface area contributed by atoms with Crippen molar-refractivity contribution in [1.82, 2.24) is 0 Å². The van der Waals surface area contributed by atoms with Crippen LogP contribution in [-0.4, -0.2) is 18.4 Å². The van der Waals surface area contributed by atoms with Crippen LogP contribution in [0.3, 0.4) is 0 Å². The van der Waals surface area contributed by atoms with E-state index in [-0.39, 0.29) is 4.36 Å². The Balaban J connectivity index is 4.57. The van der Waals surface area contributed by atoms with Gasteiger partial charge >= 0.3 is 4.36 Å². The smallest absolute Gasteiger partial charge is 0.235 e. The van der Waals surface area contributed by atoms with Gasteiger partial charge in [-0.2, -0.15) is 0 Å². The standard InChI is InChI=1S/C5H9BBr2OSi/c1-10(2,3)5(4-9)6(7)8/h1-3H3. The maximum atomic E-state index is 10.4. The molecule has 0 bridgehead atoms. The molecule has 0 saturated carbocycles. The molecule has 0 aliphatic rings. The molecule has 0 radical (unpaired) electrons. The Morgan fingerprint density at radius 1 is 1.40 bits per heavy atom. The fourth-order valence-corrected chi connectivity index (χ4v) is 5.79. The van der Waals surface area contributed by atoms with Crippen LogP contribution < -0.4 is 0 Å². The van der Waals surface area contributed by atoms with E-state index in [0.717, 1.165) is 5.10 Å². The van der Waals surface area contributed by atoms with Gasteiger partial charge in [-0.1, -0.05) is 19.6 Å². The summed E-state index contributed by atoms with van der Waals surface area (Å²) in [6.45, 7) is 6.34. The van der Waals surface area contributed by atoms with E-state index in [1.165, 1.54) is 0 Å². The van der Waals surface area contributed by atoms with Crippen molar-refractivity contribution in [1.29, 1.82) is 0 Å². The van der Waals surface area contributed by atoms with Crippen LogP contribution in [0.5, 0.6) is 0 Å². The molecule has 0 saturated heterocycles. The number of halogens is 2. The largest absolute Gasteiger partial charge is 0.332 e. The summed E-state index contributed by atoms with van der Waals surface area (Å²) in [5, 5.41) is 0.840. The lowest BCUT2D eigenvalue weighted by Crippen LogP contribution is -2.29. The molecule has 0 heterocycles. The molecule has 5 heteroatoms. The molecule has 0 rings (SSSR count). The van der Waals surface area contributed by atoms with Gasteiger partial charge in [0.25, 0.3) is 0 Å². The third-order valence-corrected chi connectivity index (χ3v) is 4.90. The second-order valence-electron chi connectivity index (χ2n) is 3.07. The Labute approximate surface area is 79.3 Å². The highest BCUT2D eigenvalue weighted by atomic mass is 79.9. The van der Waals surface area contributed by atoms with Crippen molar-refractivity contribution in [3.63, 3.8) is 0 Å². The maximum Gasteiger partial charge on any atom is 0.332 e. The summed E-state index contributed by atoms with van der Waals surface area (Å²) in [7, 11) is -1.45. The highest BCUT2D eigenvalue weighted by Gasteiger charge is 2.27. The number of hydrogen-bond donors (Lipinski definition) is 0. The maximum absolute atomic E-state index is 10.4. The van der Waals surface area contributed by atoms with Gasteiger partial charge in [-0.05, 0) is 5.10 Å². The van der Waals surface area contributed by atoms with E-state index in [4.69, 9.17) is 0 Å². The fourth-order valence-electron chi connectivity index (χ4n) is 0.525. The molecule has 0 aliphatic carbocycles. The normalized spacial score (nSPS) is 10.5. The molecule has 10 heavy (non-hydrogen) atoms. The van der Waals surface area contributed by atoms with Crippen LogP contribution in [0.2, 0.25) is 19.6 Å². The zero-order valence-electron chi connectivity index (χ0n) is 6.24. The fraction of sp³-hybridized carbons (Fsp3) is 0.600. The highest BCUT2D eigenvalue weighted by molar-refractivity contribution is 9.49. The second-order valence-corrected chi connectivity index (χ2v) is 11.2. The van der Waals surface area contributed by atoms with E-state index in [9.17, 15) is 4.79 Å². The highest BCUT2D eigenvalue weighted by Crippen LogP contribution is 2.21. The lowest BCUT2D eigenvalue weighted by Gasteiger charge is -2.16. The van der Waals surface area contributed by atoms with Gasteiger partial charge < -0.3 is 0 Å². The zero-order chi connectivity index (χ0) is 8.36. The average molecular weight is 284 g/mol. The van der Waals surface area contributed by atoms with Gasteiger partial charge in [0.2, 0.25) is 0 Å². The van der Waals surface area contributed by atoms with E-state index in [2.05, 4.69) is 51.2 Å². The SMILES string of the molecule is C[Si](C)(C)C(=C=O)B(Br)Br. The van der Waals surface area contributed by atoms with Crippen LogP contribution in [0.1, 0.15) is 0 Å². The van der Waals surface area contributed by atoms with Gasteiger partial charge in [0, 0.05) is 0 Å². The third-order valence-electron chi connectivity index (χ3n) is 1.14. The van der Waals surface area contributed by atoms with E-state index >= 15 is 0 Å². The van der Waals surface area contributed by atoms with Gasteiger partial charge in [0.05, 0.1) is 8.07 Å². The molecule has 0 aromatic rings. The quantitative estimate of drug-likeness (QED) is 0.562. The molecule has 0 aromatic heterocycles. The first-order valence-corrected chi connectivity index (χ1v) is 8.26. The Bertz CT molecular complexity index is 169. The molecule has 56 valence electrons. The molecule has 0 atom stereocenters. The summed E-state index contributed by atoms with van der Waals surface area (Å²) in [4.78, 5) is 10.4. The predicted octanol–water partition coefficient (Wildman–Crippen LogP) is 2.44. The first kappa shape index (κ1) is 10.7. The van der Waals surface area contributed by atoms with E-state index in [0.29, 0.717) is 0 Å². The Morgan fingerprint density at radius 2 is 1.80 bits per heavy atom. The molecule has 0 N–H and O–H groups in total. The van der Waals surface area contributed by atoms with Crippen LogP contribution in [0.4, 0.5) is 0 Å². The average Bonchev–Trinajstić information content (AvgIpc) is 1.60. The van der Waals surface area contributed by atoms with Crippen molar-refractivity contribution in [3.05, 3.63) is 5.10 Å². The van der Waals surface area contributed by atoms with Crippen molar-refractivity contribution in [3.8, 4) is 0 Å². The second kappa shape index (κ2) is 3.91. The predicted molar refractivity (Wildman–Crippen MR) is 56.2 cm³/mol. The summed E-state index contributed by atoms with van der Waals surface area (Å²) >= 11 is 6.58. The zero-order valence-corrected chi connectivity index (χ0v) is 10.4. The monoisotopic (exact) mass is 282 g/mol. The molecule has 0 aliphatic heterocycles. The molecular weight excluding hydrogens is 275 g/mol. The van der Waals surface area contributed by atoms with E-state index in [1.807, 2.05) is 5.94 Å². The first-order chi connectivity index (χ1) is 4.39. The molecule has 0 fully saturated rings. The number of hydrogen-bond acceptors (Lipinski definition) is 1. The van der Waals surface area contributed by atoms with Gasteiger partial charge in [0.1, 0.15) is 5.94 Å². The molecule has 0 spiro atoms. The van der Waals surface area contributed by atoms with Crippen molar-refractivity contribution >= 4 is 49.9 Å². The van der Waals surface area contributed by atoms with Crippen LogP contribution in [0, 0.1) is 0 Å². The van der Waals surface area contributed by atoms with Crippen molar-refractivity contribution < 1.29 is 4.79 Å². The van der Waals surface area contributed by atoms with Gasteiger partial charge in [0.15, 0.2) is 0 Å². The van der Waals surface area contributed by atoms with Crippen LogP contribution in [-0.2, 0) is 4.79 Å². The first-order valence-electron chi connectivity index (χ1n) is 2.93. The molecule has 1 nitrogen and oxygen atoms in total. The molecule has 0 aromatic carbocycles. The third kappa shape index (κ3) is 3.19. The summed E-state index contributed by atoms with van der Waals surface area (Å²) in [6, 6.07) is 0. The van der Waals surface area contributed by atoms with E-state index < -0.39 is 8.07 Å². The van der Waals surface area contributed by atoms with Gasteiger partial charge in [-0.15, -0.1) is 31.5 Å². The number of rotatable bonds is 2. The van der Waals surface area contributed by atoms with Gasteiger partial charge in [-0.3, -0.25) is 0 Å². The summed E-state index contributed by atoms with van der Waals surface area (Å²) in [5.74, 6) is 1.98. The Kier molecular flexibility index (Phi) is 4.18. The van der Waals surface area contributed by atoms with Crippen molar-refractivity contribution in [2.45, 2.75) is 19.6 Å². The summed E-state index contributed by atoms with van der Waals surface area (Å²) in [5.41, 5.74) is 0. The van der Waals surface area contributed by atoms with Crippen LogP contribution in [0.25, 0.3) is 0 Å². The van der Waals surface area contributed by atoms with Crippen LogP contribution in [0.15, 0.2) is 5.10 Å². The molecule has 0 unspecified atom stereocenters. The Hall–Kier alpha value is 0.692. The molecule has 0 amide bonds. The van der Waals surface area contributed by atoms with E-state index in [1.54, 1.807) is 0 Å². The minimum absolute atomic E-state index is 0.00386. The molecular formula is C5H9BBr2OSi. The van der Waals surface area contributed by atoms with Crippen molar-refractivity contribution in [2.24, 2.45) is 0 Å². The van der Waals surface area contributed by atoms with Crippen molar-refractivity contribution in [2.75, 3.05) is 0 Å². The lowest BCUT2D eigenvalue weighted by molar-refractivity contribution is 0.569. The Morgan fingerprint density at radius 3 is 1.80 bits per heavy atom. The van der Waals surface area contributed by atoms with Crippen LogP contribution >= 0.6 is 31.5 Å². The topological polar surface area (TPSA) is 17.1 Å².